The molecule has 3 rings (SSSR count). The Kier molecular flexibility index (Phi) is 5.32. The quantitative estimate of drug-likeness (QED) is 0.498. The molecule has 0 bridgehead atoms. The Morgan fingerprint density at radius 2 is 1.67 bits per heavy atom. The van der Waals surface area contributed by atoms with Gasteiger partial charge in [-0.3, -0.25) is 0 Å². The Labute approximate surface area is 143 Å². The molecule has 1 aliphatic rings. The molecule has 0 saturated heterocycles. The van der Waals surface area contributed by atoms with Gasteiger partial charge in [-0.1, -0.05) is 54.6 Å². The van der Waals surface area contributed by atoms with E-state index in [9.17, 15) is 0 Å². The van der Waals surface area contributed by atoms with Crippen LogP contribution in [-0.2, 0) is 19.3 Å². The van der Waals surface area contributed by atoms with Gasteiger partial charge in [-0.15, -0.1) is 0 Å². The van der Waals surface area contributed by atoms with Gasteiger partial charge in [-0.25, -0.2) is 0 Å². The topological polar surface area (TPSA) is 41.8 Å². The van der Waals surface area contributed by atoms with Crippen molar-refractivity contribution in [3.8, 4) is 5.75 Å². The molecule has 3 heteroatoms. The van der Waals surface area contributed by atoms with Gasteiger partial charge < -0.3 is 9.94 Å². The smallest absolute Gasteiger partial charge is 0.128 e. The van der Waals surface area contributed by atoms with Crippen molar-refractivity contribution in [2.24, 2.45) is 5.16 Å². The number of hydrogen-bond donors (Lipinski definition) is 1. The van der Waals surface area contributed by atoms with Crippen molar-refractivity contribution in [2.75, 3.05) is 6.61 Å². The first kappa shape index (κ1) is 16.3. The summed E-state index contributed by atoms with van der Waals surface area (Å²) in [5, 5.41) is 12.4. The van der Waals surface area contributed by atoms with Crippen molar-refractivity contribution in [3.63, 3.8) is 0 Å². The van der Waals surface area contributed by atoms with Gasteiger partial charge >= 0.3 is 0 Å². The maximum absolute atomic E-state index is 9.04. The highest BCUT2D eigenvalue weighted by Gasteiger charge is 2.17. The van der Waals surface area contributed by atoms with Crippen LogP contribution in [0.3, 0.4) is 0 Å². The van der Waals surface area contributed by atoms with Crippen LogP contribution < -0.4 is 4.74 Å². The molecule has 0 fully saturated rings. The van der Waals surface area contributed by atoms with Gasteiger partial charge in [0.1, 0.15) is 5.75 Å². The summed E-state index contributed by atoms with van der Waals surface area (Å²) in [6.45, 7) is 2.74. The van der Waals surface area contributed by atoms with Crippen LogP contribution in [0.2, 0.25) is 0 Å². The lowest BCUT2D eigenvalue weighted by Crippen LogP contribution is -2.16. The van der Waals surface area contributed by atoms with Gasteiger partial charge in [0.2, 0.25) is 0 Å². The van der Waals surface area contributed by atoms with Crippen LogP contribution in [0.1, 0.15) is 35.6 Å². The third-order valence-electron chi connectivity index (χ3n) is 4.38. The summed E-state index contributed by atoms with van der Waals surface area (Å²) < 4.78 is 5.68. The van der Waals surface area contributed by atoms with E-state index >= 15 is 0 Å². The van der Waals surface area contributed by atoms with Crippen molar-refractivity contribution in [1.29, 1.82) is 0 Å². The molecule has 1 aliphatic heterocycles. The minimum absolute atomic E-state index is 0.569. The zero-order valence-electron chi connectivity index (χ0n) is 14.0. The first-order chi connectivity index (χ1) is 11.8. The standard InChI is InChI=1S/C21H23NO2/c1-2-16-7-9-17(10-8-16)5-3-4-6-18-11-12-19-20(22-23)13-14-24-21(19)15-18/h3-4,7-12,15,23H,2,5-6,13-14H2,1H3/b4-3+,22-20+. The van der Waals surface area contributed by atoms with E-state index in [-0.39, 0.29) is 0 Å². The molecular weight excluding hydrogens is 298 g/mol. The fourth-order valence-electron chi connectivity index (χ4n) is 2.90. The molecule has 0 aliphatic carbocycles. The highest BCUT2D eigenvalue weighted by molar-refractivity contribution is 6.03. The number of nitrogens with zero attached hydrogens (tertiary/aromatic N) is 1. The molecule has 1 N–H and O–H groups in total. The Bertz CT molecular complexity index is 745. The van der Waals surface area contributed by atoms with E-state index in [1.165, 1.54) is 16.7 Å². The first-order valence-corrected chi connectivity index (χ1v) is 8.50. The molecule has 24 heavy (non-hydrogen) atoms. The maximum Gasteiger partial charge on any atom is 0.128 e. The van der Waals surface area contributed by atoms with E-state index in [4.69, 9.17) is 9.94 Å². The lowest BCUT2D eigenvalue weighted by molar-refractivity contribution is 0.298. The first-order valence-electron chi connectivity index (χ1n) is 8.50. The molecule has 2 aromatic carbocycles. The molecule has 0 radical (unpaired) electrons. The van der Waals surface area contributed by atoms with E-state index < -0.39 is 0 Å². The lowest BCUT2D eigenvalue weighted by atomic mass is 10.0. The number of ether oxygens (including phenoxy) is 1. The van der Waals surface area contributed by atoms with Crippen LogP contribution in [0.5, 0.6) is 5.75 Å². The van der Waals surface area contributed by atoms with Gasteiger partial charge in [0.15, 0.2) is 0 Å². The summed E-state index contributed by atoms with van der Waals surface area (Å²) in [5.74, 6) is 0.815. The second-order valence-corrected chi connectivity index (χ2v) is 6.03. The van der Waals surface area contributed by atoms with Gasteiger partial charge in [0, 0.05) is 12.0 Å². The summed E-state index contributed by atoms with van der Waals surface area (Å²) in [7, 11) is 0. The van der Waals surface area contributed by atoms with Crippen LogP contribution in [0, 0.1) is 0 Å². The third-order valence-corrected chi connectivity index (χ3v) is 4.38. The highest BCUT2D eigenvalue weighted by atomic mass is 16.5. The van der Waals surface area contributed by atoms with E-state index in [0.717, 1.165) is 30.6 Å². The number of fused-ring (bicyclic) bond motifs is 1. The van der Waals surface area contributed by atoms with E-state index in [1.54, 1.807) is 0 Å². The van der Waals surface area contributed by atoms with Crippen LogP contribution >= 0.6 is 0 Å². The summed E-state index contributed by atoms with van der Waals surface area (Å²) in [6.07, 6.45) is 7.96. The zero-order valence-corrected chi connectivity index (χ0v) is 14.0. The van der Waals surface area contributed by atoms with Crippen molar-refractivity contribution >= 4 is 5.71 Å². The minimum Gasteiger partial charge on any atom is -0.492 e. The monoisotopic (exact) mass is 321 g/mol. The van der Waals surface area contributed by atoms with Crippen molar-refractivity contribution in [1.82, 2.24) is 0 Å². The number of allylic oxidation sites excluding steroid dienone is 2. The zero-order chi connectivity index (χ0) is 16.8. The Balaban J connectivity index is 1.60. The SMILES string of the molecule is CCc1ccc(C/C=C/Cc2ccc3c(c2)OCC/C3=N\O)cc1. The molecule has 0 amide bonds. The van der Waals surface area contributed by atoms with Crippen LogP contribution in [-0.4, -0.2) is 17.5 Å². The van der Waals surface area contributed by atoms with E-state index in [1.807, 2.05) is 12.1 Å². The van der Waals surface area contributed by atoms with Crippen LogP contribution in [0.25, 0.3) is 0 Å². The van der Waals surface area contributed by atoms with Crippen LogP contribution in [0.15, 0.2) is 59.8 Å². The van der Waals surface area contributed by atoms with Crippen LogP contribution in [0.4, 0.5) is 0 Å². The number of oxime groups is 1. The van der Waals surface area contributed by atoms with Gasteiger partial charge in [-0.2, -0.15) is 0 Å². The molecule has 1 heterocycles. The Hall–Kier alpha value is -2.55. The lowest BCUT2D eigenvalue weighted by Gasteiger charge is -2.18. The maximum atomic E-state index is 9.04. The summed E-state index contributed by atoms with van der Waals surface area (Å²) >= 11 is 0. The van der Waals surface area contributed by atoms with Gasteiger partial charge in [0.25, 0.3) is 0 Å². The van der Waals surface area contributed by atoms with Gasteiger partial charge in [0.05, 0.1) is 12.3 Å². The molecule has 2 aromatic rings. The molecule has 124 valence electrons. The van der Waals surface area contributed by atoms with Gasteiger partial charge in [-0.05, 0) is 48.1 Å². The average Bonchev–Trinajstić information content (AvgIpc) is 2.65. The molecule has 0 spiro atoms. The summed E-state index contributed by atoms with van der Waals surface area (Å²) in [4.78, 5) is 0. The second kappa shape index (κ2) is 7.82. The number of benzene rings is 2. The van der Waals surface area contributed by atoms with Crippen molar-refractivity contribution < 1.29 is 9.94 Å². The Morgan fingerprint density at radius 1 is 1.00 bits per heavy atom. The number of rotatable bonds is 5. The third kappa shape index (κ3) is 3.85. The molecule has 0 atom stereocenters. The molecule has 3 nitrogen and oxygen atoms in total. The number of hydrogen-bond acceptors (Lipinski definition) is 3. The summed E-state index contributed by atoms with van der Waals surface area (Å²) in [6, 6.07) is 14.9. The minimum atomic E-state index is 0.569. The Morgan fingerprint density at radius 3 is 2.38 bits per heavy atom. The van der Waals surface area contributed by atoms with E-state index in [0.29, 0.717) is 18.7 Å². The largest absolute Gasteiger partial charge is 0.492 e. The fourth-order valence-corrected chi connectivity index (χ4v) is 2.90. The highest BCUT2D eigenvalue weighted by Crippen LogP contribution is 2.26. The predicted octanol–water partition coefficient (Wildman–Crippen LogP) is 4.55. The number of aryl methyl sites for hydroxylation is 1. The normalized spacial score (nSPS) is 15.5. The summed E-state index contributed by atoms with van der Waals surface area (Å²) in [5.41, 5.74) is 5.51. The second-order valence-electron chi connectivity index (χ2n) is 6.03. The van der Waals surface area contributed by atoms with E-state index in [2.05, 4.69) is 54.6 Å². The average molecular weight is 321 g/mol. The molecule has 0 aromatic heterocycles. The van der Waals surface area contributed by atoms with Crippen molar-refractivity contribution in [3.05, 3.63) is 76.9 Å². The van der Waals surface area contributed by atoms with Crippen molar-refractivity contribution in [2.45, 2.75) is 32.6 Å². The molecule has 0 saturated carbocycles. The predicted molar refractivity (Wildman–Crippen MR) is 97.2 cm³/mol. The molecule has 0 unspecified atom stereocenters. The fraction of sp³-hybridized carbons (Fsp3) is 0.286. The molecular formula is C21H23NO2.